The van der Waals surface area contributed by atoms with Crippen LogP contribution >= 0.6 is 0 Å². The predicted molar refractivity (Wildman–Crippen MR) is 60.3 cm³/mol. The fourth-order valence-corrected chi connectivity index (χ4v) is 1.55. The second kappa shape index (κ2) is 4.75. The minimum absolute atomic E-state index is 0.611. The summed E-state index contributed by atoms with van der Waals surface area (Å²) in [7, 11) is 0. The molecular formula is C12H15N3. The van der Waals surface area contributed by atoms with Crippen LogP contribution in [0.2, 0.25) is 0 Å². The molecule has 0 atom stereocenters. The minimum Gasteiger partial charge on any atom is -0.354 e. The van der Waals surface area contributed by atoms with E-state index in [9.17, 15) is 0 Å². The van der Waals surface area contributed by atoms with E-state index >= 15 is 0 Å². The third kappa shape index (κ3) is 2.67. The molecule has 3 heteroatoms. The lowest BCUT2D eigenvalue weighted by atomic mass is 10.2. The number of aryl methyl sites for hydroxylation is 2. The van der Waals surface area contributed by atoms with Gasteiger partial charge in [-0.3, -0.25) is 4.98 Å². The highest BCUT2D eigenvalue weighted by molar-refractivity contribution is 5.11. The zero-order chi connectivity index (χ0) is 10.5. The lowest BCUT2D eigenvalue weighted by Crippen LogP contribution is -1.99. The average Bonchev–Trinajstić information content (AvgIpc) is 2.76. The van der Waals surface area contributed by atoms with E-state index in [2.05, 4.69) is 34.1 Å². The van der Waals surface area contributed by atoms with Crippen LogP contribution in [0.4, 0.5) is 0 Å². The predicted octanol–water partition coefficient (Wildman–Crippen LogP) is 1.58. The molecule has 0 aliphatic carbocycles. The highest BCUT2D eigenvalue weighted by Crippen LogP contribution is 2.03. The third-order valence-corrected chi connectivity index (χ3v) is 2.43. The summed E-state index contributed by atoms with van der Waals surface area (Å²) in [6, 6.07) is 6.12. The second-order valence-electron chi connectivity index (χ2n) is 3.57. The van der Waals surface area contributed by atoms with Crippen LogP contribution < -0.4 is 5.73 Å². The molecule has 0 saturated carbocycles. The number of nitrogens with zero attached hydrogens (tertiary/aromatic N) is 2. The van der Waals surface area contributed by atoms with Gasteiger partial charge in [-0.15, -0.1) is 0 Å². The van der Waals surface area contributed by atoms with Crippen LogP contribution in [-0.4, -0.2) is 9.55 Å². The number of hydrogen-bond donors (Lipinski definition) is 1. The van der Waals surface area contributed by atoms with Crippen LogP contribution in [0.25, 0.3) is 0 Å². The van der Waals surface area contributed by atoms with Gasteiger partial charge in [-0.25, -0.2) is 0 Å². The Hall–Kier alpha value is -1.61. The first-order valence-corrected chi connectivity index (χ1v) is 5.12. The molecule has 0 aliphatic rings. The molecule has 2 rings (SSSR count). The van der Waals surface area contributed by atoms with Crippen molar-refractivity contribution in [2.45, 2.75) is 19.5 Å². The first kappa shape index (κ1) is 9.93. The monoisotopic (exact) mass is 201 g/mol. The highest BCUT2D eigenvalue weighted by Gasteiger charge is 1.96. The molecular weight excluding hydrogens is 186 g/mol. The number of pyridine rings is 1. The van der Waals surface area contributed by atoms with Crippen molar-refractivity contribution in [2.24, 2.45) is 5.73 Å². The van der Waals surface area contributed by atoms with Gasteiger partial charge in [0.05, 0.1) is 0 Å². The van der Waals surface area contributed by atoms with Crippen molar-refractivity contribution in [1.29, 1.82) is 0 Å². The van der Waals surface area contributed by atoms with Gasteiger partial charge in [-0.2, -0.15) is 0 Å². The molecule has 0 aliphatic heterocycles. The van der Waals surface area contributed by atoms with E-state index in [1.165, 1.54) is 11.1 Å². The van der Waals surface area contributed by atoms with Gasteiger partial charge in [-0.05, 0) is 29.7 Å². The maximum Gasteiger partial charge on any atom is 0.0300 e. The van der Waals surface area contributed by atoms with E-state index in [1.807, 2.05) is 12.3 Å². The van der Waals surface area contributed by atoms with Gasteiger partial charge in [0.25, 0.3) is 0 Å². The fraction of sp³-hybridized carbons (Fsp3) is 0.250. The van der Waals surface area contributed by atoms with Gasteiger partial charge in [-0.1, -0.05) is 6.07 Å². The molecule has 2 aromatic rings. The van der Waals surface area contributed by atoms with E-state index in [4.69, 9.17) is 5.73 Å². The molecule has 0 fully saturated rings. The van der Waals surface area contributed by atoms with Crippen molar-refractivity contribution >= 4 is 0 Å². The van der Waals surface area contributed by atoms with E-state index in [1.54, 1.807) is 6.20 Å². The second-order valence-corrected chi connectivity index (χ2v) is 3.57. The SMILES string of the molecule is NCc1ccn(CCc2cccnc2)c1. The van der Waals surface area contributed by atoms with Crippen molar-refractivity contribution in [3.05, 3.63) is 54.1 Å². The Bertz CT molecular complexity index is 406. The normalized spacial score (nSPS) is 10.5. The molecule has 0 spiro atoms. The summed E-state index contributed by atoms with van der Waals surface area (Å²) in [5.41, 5.74) is 7.99. The highest BCUT2D eigenvalue weighted by atomic mass is 14.9. The molecule has 0 unspecified atom stereocenters. The fourth-order valence-electron chi connectivity index (χ4n) is 1.55. The van der Waals surface area contributed by atoms with Gasteiger partial charge >= 0.3 is 0 Å². The number of hydrogen-bond acceptors (Lipinski definition) is 2. The smallest absolute Gasteiger partial charge is 0.0300 e. The summed E-state index contributed by atoms with van der Waals surface area (Å²) >= 11 is 0. The number of rotatable bonds is 4. The molecule has 15 heavy (non-hydrogen) atoms. The topological polar surface area (TPSA) is 43.8 Å². The van der Waals surface area contributed by atoms with Crippen molar-refractivity contribution in [3.63, 3.8) is 0 Å². The van der Waals surface area contributed by atoms with Crippen molar-refractivity contribution in [1.82, 2.24) is 9.55 Å². The molecule has 3 nitrogen and oxygen atoms in total. The molecule has 2 N–H and O–H groups in total. The van der Waals surface area contributed by atoms with Crippen LogP contribution in [0.3, 0.4) is 0 Å². The Morgan fingerprint density at radius 1 is 1.27 bits per heavy atom. The van der Waals surface area contributed by atoms with Crippen LogP contribution in [0, 0.1) is 0 Å². The minimum atomic E-state index is 0.611. The van der Waals surface area contributed by atoms with Crippen LogP contribution in [0.1, 0.15) is 11.1 Å². The molecule has 0 bridgehead atoms. The summed E-state index contributed by atoms with van der Waals surface area (Å²) in [5, 5.41) is 0. The quantitative estimate of drug-likeness (QED) is 0.816. The molecule has 2 aromatic heterocycles. The van der Waals surface area contributed by atoms with Gasteiger partial charge in [0, 0.05) is 37.9 Å². The summed E-state index contributed by atoms with van der Waals surface area (Å²) < 4.78 is 2.16. The van der Waals surface area contributed by atoms with Crippen LogP contribution in [-0.2, 0) is 19.5 Å². The first-order chi connectivity index (χ1) is 7.38. The Labute approximate surface area is 89.6 Å². The van der Waals surface area contributed by atoms with Crippen molar-refractivity contribution in [2.75, 3.05) is 0 Å². The van der Waals surface area contributed by atoms with Crippen molar-refractivity contribution in [3.8, 4) is 0 Å². The van der Waals surface area contributed by atoms with Crippen LogP contribution in [0.15, 0.2) is 43.0 Å². The Balaban J connectivity index is 1.93. The third-order valence-electron chi connectivity index (χ3n) is 2.43. The molecule has 0 radical (unpaired) electrons. The maximum absolute atomic E-state index is 5.55. The van der Waals surface area contributed by atoms with Gasteiger partial charge in [0.2, 0.25) is 0 Å². The largest absolute Gasteiger partial charge is 0.354 e. The maximum atomic E-state index is 5.55. The van der Waals surface area contributed by atoms with E-state index in [0.717, 1.165) is 13.0 Å². The standard InChI is InChI=1S/C12H15N3/c13-8-12-4-7-15(10-12)6-3-11-2-1-5-14-9-11/h1-2,4-5,7,9-10H,3,6,8,13H2. The Kier molecular flexibility index (Phi) is 3.15. The van der Waals surface area contributed by atoms with Gasteiger partial charge in [0.15, 0.2) is 0 Å². The average molecular weight is 201 g/mol. The van der Waals surface area contributed by atoms with E-state index in [0.29, 0.717) is 6.54 Å². The summed E-state index contributed by atoms with van der Waals surface area (Å²) in [5.74, 6) is 0. The van der Waals surface area contributed by atoms with Crippen LogP contribution in [0.5, 0.6) is 0 Å². The Morgan fingerprint density at radius 2 is 2.20 bits per heavy atom. The van der Waals surface area contributed by atoms with E-state index < -0.39 is 0 Å². The molecule has 0 aromatic carbocycles. The number of aromatic nitrogens is 2. The first-order valence-electron chi connectivity index (χ1n) is 5.12. The zero-order valence-corrected chi connectivity index (χ0v) is 8.63. The zero-order valence-electron chi connectivity index (χ0n) is 8.63. The molecule has 2 heterocycles. The van der Waals surface area contributed by atoms with Gasteiger partial charge < -0.3 is 10.3 Å². The van der Waals surface area contributed by atoms with Gasteiger partial charge in [0.1, 0.15) is 0 Å². The summed E-state index contributed by atoms with van der Waals surface area (Å²) in [4.78, 5) is 4.09. The van der Waals surface area contributed by atoms with Crippen molar-refractivity contribution < 1.29 is 0 Å². The van der Waals surface area contributed by atoms with E-state index in [-0.39, 0.29) is 0 Å². The number of nitrogens with two attached hydrogens (primary N) is 1. The molecule has 0 amide bonds. The molecule has 0 saturated heterocycles. The summed E-state index contributed by atoms with van der Waals surface area (Å²) in [6.45, 7) is 1.59. The lowest BCUT2D eigenvalue weighted by molar-refractivity contribution is 0.697. The lowest BCUT2D eigenvalue weighted by Gasteiger charge is -2.02. The molecule has 78 valence electrons. The summed E-state index contributed by atoms with van der Waals surface area (Å²) in [6.07, 6.45) is 8.88. The Morgan fingerprint density at radius 3 is 2.87 bits per heavy atom.